The predicted octanol–water partition coefficient (Wildman–Crippen LogP) is 0.220. The highest BCUT2D eigenvalue weighted by Crippen LogP contribution is 2.49. The van der Waals surface area contributed by atoms with Crippen LogP contribution in [0, 0.1) is 35.5 Å². The first kappa shape index (κ1) is 33.7. The quantitative estimate of drug-likeness (QED) is 0.206. The van der Waals surface area contributed by atoms with Crippen molar-refractivity contribution in [2.24, 2.45) is 35.5 Å². The zero-order chi connectivity index (χ0) is 33.6. The van der Waals surface area contributed by atoms with Gasteiger partial charge in [0.25, 0.3) is 0 Å². The lowest BCUT2D eigenvalue weighted by molar-refractivity contribution is -0.277. The van der Waals surface area contributed by atoms with Crippen molar-refractivity contribution in [3.05, 3.63) is 53.5 Å². The van der Waals surface area contributed by atoms with Crippen LogP contribution in [0.4, 0.5) is 0 Å². The second-order valence-electron chi connectivity index (χ2n) is 13.2. The van der Waals surface area contributed by atoms with E-state index in [9.17, 15) is 40.2 Å². The zero-order valence-corrected chi connectivity index (χ0v) is 26.0. The van der Waals surface area contributed by atoms with E-state index in [2.05, 4.69) is 0 Å². The molecule has 3 fully saturated rings. The average molecular weight is 663 g/mol. The Labute approximate surface area is 271 Å². The monoisotopic (exact) mass is 662 g/mol. The molecule has 0 bridgehead atoms. The summed E-state index contributed by atoms with van der Waals surface area (Å²) < 4.78 is 33.3. The van der Waals surface area contributed by atoms with E-state index in [-0.39, 0.29) is 48.0 Å². The third kappa shape index (κ3) is 6.47. The number of carbonyl (C=O) groups excluding carboxylic acids is 2. The van der Waals surface area contributed by atoms with Crippen molar-refractivity contribution in [3.63, 3.8) is 0 Å². The molecule has 14 heteroatoms. The van der Waals surface area contributed by atoms with Crippen LogP contribution in [-0.2, 0) is 39.9 Å². The topological polar surface area (TPSA) is 211 Å². The molecule has 47 heavy (non-hydrogen) atoms. The highest BCUT2D eigenvalue weighted by molar-refractivity contribution is 5.90. The highest BCUT2D eigenvalue weighted by Gasteiger charge is 2.53. The van der Waals surface area contributed by atoms with E-state index in [1.165, 1.54) is 12.5 Å². The summed E-state index contributed by atoms with van der Waals surface area (Å²) in [5.41, 5.74) is 1.22. The third-order valence-electron chi connectivity index (χ3n) is 10.4. The van der Waals surface area contributed by atoms with E-state index in [1.54, 1.807) is 24.3 Å². The number of carbonyl (C=O) groups is 2. The molecule has 14 atom stereocenters. The molecule has 0 aromatic heterocycles. The number of ether oxygens (including phenoxy) is 6. The van der Waals surface area contributed by atoms with Crippen LogP contribution in [0.5, 0.6) is 5.75 Å². The van der Waals surface area contributed by atoms with Gasteiger partial charge in [-0.15, -0.1) is 0 Å². The van der Waals surface area contributed by atoms with Crippen molar-refractivity contribution in [3.8, 4) is 5.75 Å². The molecule has 1 saturated heterocycles. The Hall–Kier alpha value is -3.24. The second kappa shape index (κ2) is 13.7. The third-order valence-corrected chi connectivity index (χ3v) is 10.4. The van der Waals surface area contributed by atoms with Crippen LogP contribution in [0.2, 0.25) is 0 Å². The Morgan fingerprint density at radius 2 is 1.49 bits per heavy atom. The van der Waals surface area contributed by atoms with E-state index in [0.29, 0.717) is 11.1 Å². The van der Waals surface area contributed by atoms with Gasteiger partial charge in [-0.1, -0.05) is 26.0 Å². The maximum Gasteiger partial charge on any atom is 0.337 e. The summed E-state index contributed by atoms with van der Waals surface area (Å²) in [7, 11) is 0. The predicted molar refractivity (Wildman–Crippen MR) is 157 cm³/mol. The minimum Gasteiger partial charge on any atom is -0.472 e. The Morgan fingerprint density at radius 1 is 0.830 bits per heavy atom. The van der Waals surface area contributed by atoms with E-state index in [4.69, 9.17) is 28.4 Å². The number of hydrogen-bond donors (Lipinski definition) is 6. The van der Waals surface area contributed by atoms with Gasteiger partial charge in [0, 0.05) is 29.6 Å². The van der Waals surface area contributed by atoms with E-state index in [0.717, 1.165) is 12.8 Å². The van der Waals surface area contributed by atoms with Crippen molar-refractivity contribution in [1.82, 2.24) is 0 Å². The first-order valence-electron chi connectivity index (χ1n) is 16.0. The lowest BCUT2D eigenvalue weighted by Crippen LogP contribution is -2.60. The standard InChI is InChI=1S/C33H42O14/c1-14-3-8-18-20(12-43-31(40)24(14)18)30(39)46-22-9-19-21(13-44-32(41)25(19)15(22)2)29(38)42-11-16-4-6-17(7-5-16)45-33-28(37)27(36)26(35)23(10-34)47-33/h4-7,12-15,18-19,22-28,31-37,40-41H,3,8-11H2,1-2H3. The SMILES string of the molecule is CC1CCC2C(C(=O)OC3CC4C(C(=O)OCc5ccc(OC6OC(CO)C(O)C(O)C6O)cc5)=COC(O)C4C3C)=COC(O)C12. The average Bonchev–Trinajstić information content (AvgIpc) is 3.61. The maximum atomic E-state index is 13.3. The zero-order valence-electron chi connectivity index (χ0n) is 26.0. The Bertz CT molecular complexity index is 1360. The van der Waals surface area contributed by atoms with Crippen LogP contribution < -0.4 is 4.74 Å². The van der Waals surface area contributed by atoms with E-state index >= 15 is 0 Å². The number of aliphatic hydroxyl groups excluding tert-OH is 6. The molecular formula is C33H42O14. The molecule has 6 N–H and O–H groups in total. The van der Waals surface area contributed by atoms with Crippen molar-refractivity contribution in [2.45, 2.75) is 89.1 Å². The molecule has 2 aliphatic carbocycles. The molecule has 1 aromatic rings. The largest absolute Gasteiger partial charge is 0.472 e. The molecule has 2 saturated carbocycles. The fourth-order valence-electron chi connectivity index (χ4n) is 7.69. The Morgan fingerprint density at radius 3 is 2.17 bits per heavy atom. The lowest BCUT2D eigenvalue weighted by Gasteiger charge is -2.39. The van der Waals surface area contributed by atoms with Gasteiger partial charge in [0.15, 0.2) is 12.6 Å². The Kier molecular flexibility index (Phi) is 9.81. The van der Waals surface area contributed by atoms with Crippen LogP contribution in [-0.4, -0.2) is 98.6 Å². The number of esters is 2. The molecular weight excluding hydrogens is 620 g/mol. The summed E-state index contributed by atoms with van der Waals surface area (Å²) in [5.74, 6) is -2.39. The number of aliphatic hydroxyl groups is 6. The van der Waals surface area contributed by atoms with Gasteiger partial charge < -0.3 is 59.1 Å². The smallest absolute Gasteiger partial charge is 0.337 e. The van der Waals surface area contributed by atoms with Gasteiger partial charge in [-0.25, -0.2) is 9.59 Å². The van der Waals surface area contributed by atoms with Crippen molar-refractivity contribution in [2.75, 3.05) is 6.61 Å². The molecule has 6 rings (SSSR count). The molecule has 3 aliphatic heterocycles. The molecule has 14 unspecified atom stereocenters. The fourth-order valence-corrected chi connectivity index (χ4v) is 7.69. The minimum atomic E-state index is -1.57. The first-order valence-corrected chi connectivity index (χ1v) is 16.0. The summed E-state index contributed by atoms with van der Waals surface area (Å²) in [6.07, 6.45) is -5.44. The fraction of sp³-hybridized carbons (Fsp3) is 0.636. The molecule has 5 aliphatic rings. The van der Waals surface area contributed by atoms with Crippen molar-refractivity contribution in [1.29, 1.82) is 0 Å². The number of benzene rings is 1. The van der Waals surface area contributed by atoms with Crippen LogP contribution in [0.15, 0.2) is 47.9 Å². The van der Waals surface area contributed by atoms with Crippen LogP contribution in [0.3, 0.4) is 0 Å². The minimum absolute atomic E-state index is 0.106. The molecule has 14 nitrogen and oxygen atoms in total. The van der Waals surface area contributed by atoms with Crippen molar-refractivity contribution >= 4 is 11.9 Å². The maximum absolute atomic E-state index is 13.3. The van der Waals surface area contributed by atoms with Gasteiger partial charge in [0.05, 0.1) is 30.3 Å². The van der Waals surface area contributed by atoms with Gasteiger partial charge >= 0.3 is 11.9 Å². The number of hydrogen-bond acceptors (Lipinski definition) is 14. The molecule has 0 amide bonds. The van der Waals surface area contributed by atoms with Gasteiger partial charge in [0.2, 0.25) is 6.29 Å². The molecule has 0 spiro atoms. The normalized spacial score (nSPS) is 40.9. The first-order chi connectivity index (χ1) is 22.5. The molecule has 1 aromatic carbocycles. The van der Waals surface area contributed by atoms with E-state index < -0.39 is 79.8 Å². The highest BCUT2D eigenvalue weighted by atomic mass is 16.7. The number of rotatable bonds is 8. The molecule has 258 valence electrons. The molecule has 0 radical (unpaired) electrons. The van der Waals surface area contributed by atoms with Crippen LogP contribution in [0.25, 0.3) is 0 Å². The van der Waals surface area contributed by atoms with Gasteiger partial charge in [-0.3, -0.25) is 0 Å². The Balaban J connectivity index is 1.05. The van der Waals surface area contributed by atoms with Gasteiger partial charge in [-0.2, -0.15) is 0 Å². The summed E-state index contributed by atoms with van der Waals surface area (Å²) >= 11 is 0. The van der Waals surface area contributed by atoms with E-state index in [1.807, 2.05) is 13.8 Å². The lowest BCUT2D eigenvalue weighted by atomic mass is 9.83. The van der Waals surface area contributed by atoms with Gasteiger partial charge in [-0.05, 0) is 42.9 Å². The summed E-state index contributed by atoms with van der Waals surface area (Å²) in [6.45, 7) is 3.18. The second-order valence-corrected chi connectivity index (χ2v) is 13.2. The van der Waals surface area contributed by atoms with Crippen LogP contribution in [0.1, 0.15) is 38.7 Å². The van der Waals surface area contributed by atoms with Gasteiger partial charge in [0.1, 0.15) is 42.9 Å². The molecule has 3 heterocycles. The summed E-state index contributed by atoms with van der Waals surface area (Å²) in [5, 5.41) is 60.5. The van der Waals surface area contributed by atoms with Crippen molar-refractivity contribution < 1.29 is 68.6 Å². The summed E-state index contributed by atoms with van der Waals surface area (Å²) in [4.78, 5) is 26.5. The number of fused-ring (bicyclic) bond motifs is 2. The summed E-state index contributed by atoms with van der Waals surface area (Å²) in [6, 6.07) is 6.33. The van der Waals surface area contributed by atoms with Crippen LogP contribution >= 0.6 is 0 Å².